The lowest BCUT2D eigenvalue weighted by molar-refractivity contribution is -0.112. The number of hydrogen-bond acceptors (Lipinski definition) is 3. The summed E-state index contributed by atoms with van der Waals surface area (Å²) in [6.07, 6.45) is 1.38. The Hall–Kier alpha value is -3.65. The van der Waals surface area contributed by atoms with Crippen molar-refractivity contribution >= 4 is 17.7 Å². The molecule has 0 saturated heterocycles. The van der Waals surface area contributed by atoms with Gasteiger partial charge in [-0.15, -0.1) is 0 Å². The maximum atomic E-state index is 13.0. The van der Waals surface area contributed by atoms with Gasteiger partial charge in [0.2, 0.25) is 0 Å². The zero-order chi connectivity index (χ0) is 19.4. The van der Waals surface area contributed by atoms with Gasteiger partial charge in [0.1, 0.15) is 29.0 Å². The molecule has 1 aromatic heterocycles. The zero-order valence-corrected chi connectivity index (χ0v) is 14.9. The van der Waals surface area contributed by atoms with Crippen molar-refractivity contribution in [3.8, 4) is 17.4 Å². The van der Waals surface area contributed by atoms with E-state index in [2.05, 4.69) is 5.32 Å². The van der Waals surface area contributed by atoms with Gasteiger partial charge < -0.3 is 9.73 Å². The summed E-state index contributed by atoms with van der Waals surface area (Å²) in [5.41, 5.74) is 3.41. The number of furan rings is 1. The van der Waals surface area contributed by atoms with Gasteiger partial charge in [0, 0.05) is 17.3 Å². The number of halogens is 1. The number of hydrogen-bond donors (Lipinski definition) is 1. The van der Waals surface area contributed by atoms with E-state index >= 15 is 0 Å². The summed E-state index contributed by atoms with van der Waals surface area (Å²) in [7, 11) is 0. The second-order valence-corrected chi connectivity index (χ2v) is 6.13. The lowest BCUT2D eigenvalue weighted by atomic mass is 10.1. The molecule has 5 heteroatoms. The lowest BCUT2D eigenvalue weighted by Gasteiger charge is -2.06. The molecule has 27 heavy (non-hydrogen) atoms. The predicted molar refractivity (Wildman–Crippen MR) is 102 cm³/mol. The van der Waals surface area contributed by atoms with Gasteiger partial charge in [-0.2, -0.15) is 5.26 Å². The lowest BCUT2D eigenvalue weighted by Crippen LogP contribution is -2.13. The molecular formula is C22H17FN2O2. The monoisotopic (exact) mass is 360 g/mol. The summed E-state index contributed by atoms with van der Waals surface area (Å²) in [5.74, 6) is 0.0370. The molecule has 0 spiro atoms. The normalized spacial score (nSPS) is 11.1. The molecule has 4 nitrogen and oxygen atoms in total. The minimum atomic E-state index is -0.513. The van der Waals surface area contributed by atoms with Gasteiger partial charge >= 0.3 is 0 Å². The Balaban J connectivity index is 1.79. The highest BCUT2D eigenvalue weighted by Gasteiger charge is 2.12. The van der Waals surface area contributed by atoms with Crippen LogP contribution in [0.15, 0.2) is 64.6 Å². The third-order valence-electron chi connectivity index (χ3n) is 4.17. The summed E-state index contributed by atoms with van der Waals surface area (Å²) in [6.45, 7) is 3.93. The van der Waals surface area contributed by atoms with Crippen molar-refractivity contribution in [3.05, 3.63) is 82.9 Å². The zero-order valence-electron chi connectivity index (χ0n) is 14.9. The standard InChI is InChI=1S/C22H17FN2O2/c1-14-3-8-19(11-15(14)2)25-22(26)17(13-24)12-20-9-10-21(27-20)16-4-6-18(23)7-5-16/h3-12H,1-2H3,(H,25,26)/b17-12+. The van der Waals surface area contributed by atoms with Gasteiger partial charge in [-0.3, -0.25) is 4.79 Å². The number of aryl methyl sites for hydroxylation is 2. The van der Waals surface area contributed by atoms with Gasteiger partial charge in [0.25, 0.3) is 5.91 Å². The molecule has 1 heterocycles. The molecule has 0 unspecified atom stereocenters. The van der Waals surface area contributed by atoms with Crippen LogP contribution in [0.1, 0.15) is 16.9 Å². The van der Waals surface area contributed by atoms with E-state index in [9.17, 15) is 14.4 Å². The van der Waals surface area contributed by atoms with Crippen LogP contribution in [0, 0.1) is 31.0 Å². The maximum absolute atomic E-state index is 13.0. The van der Waals surface area contributed by atoms with Crippen LogP contribution < -0.4 is 5.32 Å². The fraction of sp³-hybridized carbons (Fsp3) is 0.0909. The first-order valence-corrected chi connectivity index (χ1v) is 8.32. The molecule has 0 aliphatic heterocycles. The number of carbonyl (C=O) groups is 1. The highest BCUT2D eigenvalue weighted by Crippen LogP contribution is 2.24. The quantitative estimate of drug-likeness (QED) is 0.510. The first-order chi connectivity index (χ1) is 13.0. The molecule has 134 valence electrons. The third-order valence-corrected chi connectivity index (χ3v) is 4.17. The minimum Gasteiger partial charge on any atom is -0.457 e. The van der Waals surface area contributed by atoms with Crippen LogP contribution in [-0.4, -0.2) is 5.91 Å². The van der Waals surface area contributed by atoms with Crippen molar-refractivity contribution in [2.75, 3.05) is 5.32 Å². The second kappa shape index (κ2) is 7.71. The third kappa shape index (κ3) is 4.31. The molecule has 0 radical (unpaired) electrons. The summed E-state index contributed by atoms with van der Waals surface area (Å²) in [5, 5.41) is 12.0. The summed E-state index contributed by atoms with van der Waals surface area (Å²) >= 11 is 0. The van der Waals surface area contributed by atoms with E-state index in [0.29, 0.717) is 22.8 Å². The highest BCUT2D eigenvalue weighted by atomic mass is 19.1. The Morgan fingerprint density at radius 3 is 2.48 bits per heavy atom. The molecule has 0 atom stereocenters. The van der Waals surface area contributed by atoms with E-state index in [1.165, 1.54) is 18.2 Å². The minimum absolute atomic E-state index is 0.0757. The molecule has 1 amide bonds. The second-order valence-electron chi connectivity index (χ2n) is 6.13. The van der Waals surface area contributed by atoms with Crippen molar-refractivity contribution in [1.29, 1.82) is 5.26 Å². The first kappa shape index (κ1) is 18.2. The Morgan fingerprint density at radius 2 is 1.81 bits per heavy atom. The fourth-order valence-electron chi connectivity index (χ4n) is 2.51. The average Bonchev–Trinajstić information content (AvgIpc) is 3.12. The number of amides is 1. The summed E-state index contributed by atoms with van der Waals surface area (Å²) in [6, 6.07) is 16.7. The largest absolute Gasteiger partial charge is 0.457 e. The van der Waals surface area contributed by atoms with Gasteiger partial charge in [-0.1, -0.05) is 6.07 Å². The van der Waals surface area contributed by atoms with Crippen molar-refractivity contribution in [1.82, 2.24) is 0 Å². The summed E-state index contributed by atoms with van der Waals surface area (Å²) < 4.78 is 18.7. The predicted octanol–water partition coefficient (Wildman–Crippen LogP) is 5.25. The van der Waals surface area contributed by atoms with Crippen molar-refractivity contribution in [2.45, 2.75) is 13.8 Å². The molecule has 0 saturated carbocycles. The Labute approximate surface area is 156 Å². The molecule has 3 rings (SSSR count). The fourth-order valence-corrected chi connectivity index (χ4v) is 2.51. The van der Waals surface area contributed by atoms with Crippen molar-refractivity contribution in [3.63, 3.8) is 0 Å². The Morgan fingerprint density at radius 1 is 1.07 bits per heavy atom. The van der Waals surface area contributed by atoms with E-state index < -0.39 is 5.91 Å². The van der Waals surface area contributed by atoms with Gasteiger partial charge in [0.15, 0.2) is 0 Å². The smallest absolute Gasteiger partial charge is 0.266 e. The van der Waals surface area contributed by atoms with Crippen LogP contribution in [0.3, 0.4) is 0 Å². The van der Waals surface area contributed by atoms with E-state index in [0.717, 1.165) is 11.1 Å². The van der Waals surface area contributed by atoms with Crippen LogP contribution in [0.2, 0.25) is 0 Å². The number of carbonyl (C=O) groups excluding carboxylic acids is 1. The van der Waals surface area contributed by atoms with E-state index in [-0.39, 0.29) is 11.4 Å². The molecule has 0 bridgehead atoms. The van der Waals surface area contributed by atoms with Crippen LogP contribution >= 0.6 is 0 Å². The highest BCUT2D eigenvalue weighted by molar-refractivity contribution is 6.09. The average molecular weight is 360 g/mol. The SMILES string of the molecule is Cc1ccc(NC(=O)/C(C#N)=C/c2ccc(-c3ccc(F)cc3)o2)cc1C. The number of rotatable bonds is 4. The van der Waals surface area contributed by atoms with Gasteiger partial charge in [0.05, 0.1) is 0 Å². The van der Waals surface area contributed by atoms with Gasteiger partial charge in [-0.05, 0) is 73.5 Å². The van der Waals surface area contributed by atoms with Crippen LogP contribution in [0.5, 0.6) is 0 Å². The number of nitrogens with zero attached hydrogens (tertiary/aromatic N) is 1. The van der Waals surface area contributed by atoms with E-state index in [4.69, 9.17) is 4.42 Å². The van der Waals surface area contributed by atoms with Crippen LogP contribution in [0.25, 0.3) is 17.4 Å². The Bertz CT molecular complexity index is 1060. The maximum Gasteiger partial charge on any atom is 0.266 e. The molecule has 0 aliphatic carbocycles. The van der Waals surface area contributed by atoms with Crippen LogP contribution in [0.4, 0.5) is 10.1 Å². The van der Waals surface area contributed by atoms with E-state index in [1.54, 1.807) is 30.3 Å². The number of nitriles is 1. The molecule has 0 fully saturated rings. The van der Waals surface area contributed by atoms with Gasteiger partial charge in [-0.25, -0.2) is 4.39 Å². The van der Waals surface area contributed by atoms with Crippen molar-refractivity contribution in [2.24, 2.45) is 0 Å². The molecule has 2 aromatic carbocycles. The molecule has 3 aromatic rings. The van der Waals surface area contributed by atoms with Crippen molar-refractivity contribution < 1.29 is 13.6 Å². The molecular weight excluding hydrogens is 343 g/mol. The topological polar surface area (TPSA) is 66.0 Å². The van der Waals surface area contributed by atoms with Crippen LogP contribution in [-0.2, 0) is 4.79 Å². The number of anilines is 1. The Kier molecular flexibility index (Phi) is 5.18. The number of nitrogens with one attached hydrogen (secondary N) is 1. The molecule has 1 N–H and O–H groups in total. The van der Waals surface area contributed by atoms with E-state index in [1.807, 2.05) is 32.0 Å². The summed E-state index contributed by atoms with van der Waals surface area (Å²) in [4.78, 5) is 12.4. The first-order valence-electron chi connectivity index (χ1n) is 8.32. The molecule has 0 aliphatic rings. The number of benzene rings is 2.